The van der Waals surface area contributed by atoms with Gasteiger partial charge in [0.1, 0.15) is 0 Å². The van der Waals surface area contributed by atoms with Gasteiger partial charge in [-0.1, -0.05) is 0 Å². The van der Waals surface area contributed by atoms with Crippen molar-refractivity contribution in [2.24, 2.45) is 0 Å². The number of hydrogen-bond donors (Lipinski definition) is 2. The van der Waals surface area contributed by atoms with Crippen LogP contribution in [0.2, 0.25) is 0 Å². The summed E-state index contributed by atoms with van der Waals surface area (Å²) in [4.78, 5) is 0. The Kier molecular flexibility index (Phi) is 7.71. The van der Waals surface area contributed by atoms with E-state index in [1.807, 2.05) is 21.0 Å². The molecule has 1 aromatic rings. The summed E-state index contributed by atoms with van der Waals surface area (Å²) in [5, 5.41) is 2.75. The molecule has 0 fully saturated rings. The van der Waals surface area contributed by atoms with Crippen LogP contribution >= 0.6 is 0 Å². The number of ether oxygens (including phenoxy) is 3. The smallest absolute Gasteiger partial charge is 0.203 e. The minimum Gasteiger partial charge on any atom is -0.493 e. The first-order valence-corrected chi connectivity index (χ1v) is 5.37. The van der Waals surface area contributed by atoms with Crippen molar-refractivity contribution in [3.63, 3.8) is 0 Å². The molecule has 0 aliphatic heterocycles. The van der Waals surface area contributed by atoms with Gasteiger partial charge in [-0.2, -0.15) is 0 Å². The molecule has 1 aromatic carbocycles. The molecule has 0 unspecified atom stereocenters. The summed E-state index contributed by atoms with van der Waals surface area (Å²) >= 11 is 0. The minimum atomic E-state index is 0.558. The molecular formula is C12H22N2O3. The monoisotopic (exact) mass is 242 g/mol. The third-order valence-electron chi connectivity index (χ3n) is 1.77. The number of methoxy groups -OCH3 is 2. The fourth-order valence-electron chi connectivity index (χ4n) is 1.21. The topological polar surface area (TPSA) is 65.7 Å². The minimum absolute atomic E-state index is 0.558. The van der Waals surface area contributed by atoms with E-state index in [0.29, 0.717) is 29.5 Å². The van der Waals surface area contributed by atoms with E-state index in [9.17, 15) is 0 Å². The van der Waals surface area contributed by atoms with Gasteiger partial charge in [-0.15, -0.1) is 0 Å². The molecule has 0 spiro atoms. The summed E-state index contributed by atoms with van der Waals surface area (Å²) in [5.74, 6) is 1.76. The van der Waals surface area contributed by atoms with Crippen LogP contribution in [0.5, 0.6) is 17.2 Å². The molecule has 0 aliphatic carbocycles. The van der Waals surface area contributed by atoms with Crippen LogP contribution < -0.4 is 25.3 Å². The van der Waals surface area contributed by atoms with Crippen LogP contribution in [-0.4, -0.2) is 34.9 Å². The number of nitrogens with one attached hydrogen (secondary N) is 1. The molecule has 0 bridgehead atoms. The van der Waals surface area contributed by atoms with Crippen LogP contribution in [0.25, 0.3) is 0 Å². The van der Waals surface area contributed by atoms with Crippen molar-refractivity contribution in [3.8, 4) is 17.2 Å². The second-order valence-electron chi connectivity index (χ2n) is 3.19. The Morgan fingerprint density at radius 1 is 1.12 bits per heavy atom. The van der Waals surface area contributed by atoms with E-state index in [1.54, 1.807) is 26.4 Å². The average Bonchev–Trinajstić information content (AvgIpc) is 2.29. The van der Waals surface area contributed by atoms with Gasteiger partial charge in [0, 0.05) is 17.8 Å². The van der Waals surface area contributed by atoms with E-state index in [1.165, 1.54) is 0 Å². The van der Waals surface area contributed by atoms with E-state index in [4.69, 9.17) is 19.9 Å². The summed E-state index contributed by atoms with van der Waals surface area (Å²) in [5.41, 5.74) is 6.26. The van der Waals surface area contributed by atoms with E-state index in [2.05, 4.69) is 5.32 Å². The molecule has 0 saturated carbocycles. The van der Waals surface area contributed by atoms with Crippen LogP contribution in [0.1, 0.15) is 6.92 Å². The Balaban J connectivity index is 0.000000770. The van der Waals surface area contributed by atoms with Crippen molar-refractivity contribution in [2.45, 2.75) is 6.92 Å². The highest BCUT2D eigenvalue weighted by Gasteiger charge is 2.11. The van der Waals surface area contributed by atoms with E-state index in [0.717, 1.165) is 0 Å². The van der Waals surface area contributed by atoms with Crippen molar-refractivity contribution in [1.82, 2.24) is 5.32 Å². The SMILES string of the molecule is CCOc1cc(N)cc(OC)c1OC.CNC. The first-order valence-electron chi connectivity index (χ1n) is 5.37. The molecule has 5 heteroatoms. The number of nitrogens with two attached hydrogens (primary N) is 1. The Morgan fingerprint density at radius 2 is 1.65 bits per heavy atom. The zero-order valence-corrected chi connectivity index (χ0v) is 11.2. The maximum absolute atomic E-state index is 5.67. The Bertz CT molecular complexity index is 330. The van der Waals surface area contributed by atoms with Gasteiger partial charge < -0.3 is 25.3 Å². The Hall–Kier alpha value is -1.62. The normalized spacial score (nSPS) is 9.00. The Labute approximate surface area is 103 Å². The summed E-state index contributed by atoms with van der Waals surface area (Å²) in [6, 6.07) is 3.41. The van der Waals surface area contributed by atoms with Gasteiger partial charge >= 0.3 is 0 Å². The van der Waals surface area contributed by atoms with Crippen molar-refractivity contribution < 1.29 is 14.2 Å². The lowest BCUT2D eigenvalue weighted by atomic mass is 10.2. The number of rotatable bonds is 4. The van der Waals surface area contributed by atoms with Crippen LogP contribution in [0.15, 0.2) is 12.1 Å². The first kappa shape index (κ1) is 15.4. The van der Waals surface area contributed by atoms with Crippen LogP contribution in [0.3, 0.4) is 0 Å². The van der Waals surface area contributed by atoms with Gasteiger partial charge in [0.2, 0.25) is 5.75 Å². The van der Waals surface area contributed by atoms with Crippen LogP contribution in [0, 0.1) is 0 Å². The molecular weight excluding hydrogens is 220 g/mol. The largest absolute Gasteiger partial charge is 0.493 e. The summed E-state index contributed by atoms with van der Waals surface area (Å²) < 4.78 is 15.7. The molecule has 0 amide bonds. The second-order valence-corrected chi connectivity index (χ2v) is 3.19. The molecule has 0 saturated heterocycles. The Morgan fingerprint density at radius 3 is 2.06 bits per heavy atom. The summed E-state index contributed by atoms with van der Waals surface area (Å²) in [6.07, 6.45) is 0. The van der Waals surface area contributed by atoms with Gasteiger partial charge in [-0.3, -0.25) is 0 Å². The van der Waals surface area contributed by atoms with Crippen LogP contribution in [-0.2, 0) is 0 Å². The van der Waals surface area contributed by atoms with Crippen LogP contribution in [0.4, 0.5) is 5.69 Å². The van der Waals surface area contributed by atoms with Crippen molar-refractivity contribution in [1.29, 1.82) is 0 Å². The zero-order valence-electron chi connectivity index (χ0n) is 11.2. The molecule has 0 aromatic heterocycles. The zero-order chi connectivity index (χ0) is 13.3. The van der Waals surface area contributed by atoms with E-state index >= 15 is 0 Å². The first-order chi connectivity index (χ1) is 8.14. The number of hydrogen-bond acceptors (Lipinski definition) is 5. The second kappa shape index (κ2) is 8.52. The molecule has 3 N–H and O–H groups in total. The highest BCUT2D eigenvalue weighted by molar-refractivity contribution is 5.60. The number of nitrogen functional groups attached to an aromatic ring is 1. The lowest BCUT2D eigenvalue weighted by Crippen LogP contribution is -1.99. The van der Waals surface area contributed by atoms with E-state index < -0.39 is 0 Å². The molecule has 5 nitrogen and oxygen atoms in total. The lowest BCUT2D eigenvalue weighted by molar-refractivity contribution is 0.297. The highest BCUT2D eigenvalue weighted by Crippen LogP contribution is 2.39. The molecule has 0 heterocycles. The predicted molar refractivity (Wildman–Crippen MR) is 70.1 cm³/mol. The lowest BCUT2D eigenvalue weighted by Gasteiger charge is -2.13. The third-order valence-corrected chi connectivity index (χ3v) is 1.77. The molecule has 0 aliphatic rings. The third kappa shape index (κ3) is 4.82. The fourth-order valence-corrected chi connectivity index (χ4v) is 1.21. The van der Waals surface area contributed by atoms with Crippen molar-refractivity contribution in [2.75, 3.05) is 40.7 Å². The molecule has 17 heavy (non-hydrogen) atoms. The maximum atomic E-state index is 5.67. The standard InChI is InChI=1S/C10H15NO3.C2H7N/c1-4-14-9-6-7(11)5-8(12-2)10(9)13-3;1-3-2/h5-6H,4,11H2,1-3H3;3H,1-2H3. The fraction of sp³-hybridized carbons (Fsp3) is 0.500. The molecule has 1 rings (SSSR count). The van der Waals surface area contributed by atoms with E-state index in [-0.39, 0.29) is 0 Å². The number of benzene rings is 1. The molecule has 0 atom stereocenters. The van der Waals surface area contributed by atoms with Gasteiger partial charge in [-0.25, -0.2) is 0 Å². The van der Waals surface area contributed by atoms with Gasteiger partial charge in [0.25, 0.3) is 0 Å². The average molecular weight is 242 g/mol. The molecule has 98 valence electrons. The van der Waals surface area contributed by atoms with Crippen molar-refractivity contribution in [3.05, 3.63) is 12.1 Å². The quantitative estimate of drug-likeness (QED) is 0.784. The van der Waals surface area contributed by atoms with Gasteiger partial charge in [0.05, 0.1) is 20.8 Å². The van der Waals surface area contributed by atoms with Crippen molar-refractivity contribution >= 4 is 5.69 Å². The summed E-state index contributed by atoms with van der Waals surface area (Å²) in [6.45, 7) is 2.46. The number of anilines is 1. The predicted octanol–water partition coefficient (Wildman–Crippen LogP) is 1.52. The highest BCUT2D eigenvalue weighted by atomic mass is 16.5. The molecule has 0 radical (unpaired) electrons. The van der Waals surface area contributed by atoms with Gasteiger partial charge in [0.15, 0.2) is 11.5 Å². The van der Waals surface area contributed by atoms with Gasteiger partial charge in [-0.05, 0) is 21.0 Å². The maximum Gasteiger partial charge on any atom is 0.203 e. The summed E-state index contributed by atoms with van der Waals surface area (Å²) in [7, 11) is 6.88.